The quantitative estimate of drug-likeness (QED) is 0.195. The molecule has 0 bridgehead atoms. The van der Waals surface area contributed by atoms with E-state index in [1.54, 1.807) is 0 Å². The Kier molecular flexibility index (Phi) is 6.10. The normalized spacial score (nSPS) is 23.1. The molecule has 1 aromatic heterocycles. The molecule has 2 aliphatic carbocycles. The highest BCUT2D eigenvalue weighted by molar-refractivity contribution is 8.26. The number of nitrogens with one attached hydrogen (secondary N) is 3. The first-order valence-corrected chi connectivity index (χ1v) is 11.4. The minimum atomic E-state index is -0.887. The number of aromatic amines is 1. The lowest BCUT2D eigenvalue weighted by Gasteiger charge is -2.28. The van der Waals surface area contributed by atoms with Gasteiger partial charge in [-0.3, -0.25) is 25.7 Å². The third-order valence-electron chi connectivity index (χ3n) is 6.52. The van der Waals surface area contributed by atoms with Crippen LogP contribution < -0.4 is 21.5 Å². The lowest BCUT2D eigenvalue weighted by atomic mass is 10.0. The molecule has 1 aromatic carbocycles. The Balaban J connectivity index is 1.46. The zero-order valence-corrected chi connectivity index (χ0v) is 18.7. The molecule has 0 radical (unpaired) electrons. The maximum Gasteiger partial charge on any atom is 0.276 e. The van der Waals surface area contributed by atoms with E-state index in [0.717, 1.165) is 31.4 Å². The van der Waals surface area contributed by atoms with E-state index in [2.05, 4.69) is 10.3 Å². The van der Waals surface area contributed by atoms with Crippen LogP contribution in [0.5, 0.6) is 5.75 Å². The number of quaternary nitrogens is 1. The zero-order valence-electron chi connectivity index (χ0n) is 17.9. The van der Waals surface area contributed by atoms with Crippen LogP contribution >= 0.6 is 11.8 Å². The highest BCUT2D eigenvalue weighted by Crippen LogP contribution is 2.54. The third kappa shape index (κ3) is 4.42. The predicted molar refractivity (Wildman–Crippen MR) is 119 cm³/mol. The molecule has 2 saturated carbocycles. The second kappa shape index (κ2) is 8.71. The zero-order chi connectivity index (χ0) is 23.9. The first-order valence-electron chi connectivity index (χ1n) is 10.5. The largest absolute Gasteiger partial charge is 0.503 e. The molecule has 2 aliphatic rings. The number of rotatable bonds is 6. The van der Waals surface area contributed by atoms with Crippen LogP contribution in [0.3, 0.4) is 0 Å². The van der Waals surface area contributed by atoms with Gasteiger partial charge in [0.1, 0.15) is 16.7 Å². The van der Waals surface area contributed by atoms with E-state index >= 15 is 0 Å². The van der Waals surface area contributed by atoms with Gasteiger partial charge in [-0.05, 0) is 42.2 Å². The van der Waals surface area contributed by atoms with E-state index in [4.69, 9.17) is 10.8 Å². The summed E-state index contributed by atoms with van der Waals surface area (Å²) in [7, 11) is 1.89. The van der Waals surface area contributed by atoms with Crippen molar-refractivity contribution in [3.63, 3.8) is 0 Å². The van der Waals surface area contributed by atoms with Crippen LogP contribution in [-0.2, 0) is 6.42 Å². The predicted octanol–water partition coefficient (Wildman–Crippen LogP) is -0.133. The Morgan fingerprint density at radius 1 is 1.45 bits per heavy atom. The molecule has 11 heteroatoms. The van der Waals surface area contributed by atoms with E-state index in [-0.39, 0.29) is 33.3 Å². The summed E-state index contributed by atoms with van der Waals surface area (Å²) in [4.78, 5) is 28.1. The molecule has 2 fully saturated rings. The molecule has 1 heterocycles. The topological polar surface area (TPSA) is 148 Å². The molecule has 0 spiro atoms. The molecular weight excluding hydrogens is 452 g/mol. The molecule has 4 rings (SSSR count). The summed E-state index contributed by atoms with van der Waals surface area (Å²) in [6.45, 7) is 0. The van der Waals surface area contributed by atoms with Gasteiger partial charge in [0.15, 0.2) is 17.1 Å². The molecule has 33 heavy (non-hydrogen) atoms. The van der Waals surface area contributed by atoms with Crippen LogP contribution in [0.25, 0.3) is 0 Å². The lowest BCUT2D eigenvalue weighted by Crippen LogP contribution is -2.98. The highest BCUT2D eigenvalue weighted by Gasteiger charge is 2.61. The van der Waals surface area contributed by atoms with Gasteiger partial charge in [-0.2, -0.15) is 0 Å². The average Bonchev–Trinajstić information content (AvgIpc) is 3.48. The number of fused-ring (bicyclic) bond motifs is 1. The first-order chi connectivity index (χ1) is 15.6. The molecule has 0 saturated heterocycles. The van der Waals surface area contributed by atoms with E-state index in [9.17, 15) is 23.5 Å². The molecule has 8 N–H and O–H groups in total. The monoisotopic (exact) mass is 477 g/mol. The number of aromatic hydroxyl groups is 1. The summed E-state index contributed by atoms with van der Waals surface area (Å²) in [6, 6.07) is 3.09. The van der Waals surface area contributed by atoms with Crippen LogP contribution in [0.15, 0.2) is 29.2 Å². The molecule has 0 aliphatic heterocycles. The van der Waals surface area contributed by atoms with E-state index in [1.807, 2.05) is 12.4 Å². The fraction of sp³-hybridized carbons (Fsp3) is 0.364. The van der Waals surface area contributed by atoms with Crippen LogP contribution in [-0.4, -0.2) is 38.8 Å². The Hall–Kier alpha value is -3.05. The second-order valence-corrected chi connectivity index (χ2v) is 9.63. The Morgan fingerprint density at radius 3 is 2.82 bits per heavy atom. The van der Waals surface area contributed by atoms with Crippen molar-refractivity contribution in [2.45, 2.75) is 31.3 Å². The molecule has 3 unspecified atom stereocenters. The van der Waals surface area contributed by atoms with Gasteiger partial charge in [0.05, 0.1) is 19.0 Å². The van der Waals surface area contributed by atoms with Crippen LogP contribution in [0.1, 0.15) is 40.9 Å². The Labute approximate surface area is 192 Å². The van der Waals surface area contributed by atoms with Crippen molar-refractivity contribution in [2.75, 3.05) is 7.05 Å². The smallest absolute Gasteiger partial charge is 0.276 e. The lowest BCUT2D eigenvalue weighted by molar-refractivity contribution is -0.711. The van der Waals surface area contributed by atoms with E-state index in [1.165, 1.54) is 12.3 Å². The summed E-state index contributed by atoms with van der Waals surface area (Å²) < 4.78 is 26.9. The standard InChI is InChI=1S/C22H23F2N5O3S/c1-27-22(5-4-10-6-14(10)22)29-21(32)17-19(31)18(30)13(9-28-17)20(26)33-16(25)7-11-2-3-12(23)8-15(11)24/h2-3,8-10,14,25-27,31H,4-7H2,1H3,(H,28,30)(H,29,32)/p+2. The number of carbonyl (C=O) groups is 1. The number of hydrogen-bond donors (Lipinski definition) is 6. The van der Waals surface area contributed by atoms with E-state index in [0.29, 0.717) is 23.6 Å². The van der Waals surface area contributed by atoms with Crippen LogP contribution in [0.4, 0.5) is 8.78 Å². The van der Waals surface area contributed by atoms with Crippen LogP contribution in [0, 0.1) is 28.9 Å². The van der Waals surface area contributed by atoms with Gasteiger partial charge in [-0.15, -0.1) is 0 Å². The number of benzene rings is 1. The van der Waals surface area contributed by atoms with Crippen molar-refractivity contribution < 1.29 is 29.4 Å². The number of hydrogen-bond acceptors (Lipinski definition) is 5. The van der Waals surface area contributed by atoms with Gasteiger partial charge < -0.3 is 15.4 Å². The number of halogens is 2. The van der Waals surface area contributed by atoms with Gasteiger partial charge in [-0.25, -0.2) is 8.78 Å². The molecule has 8 nitrogen and oxygen atoms in total. The van der Waals surface area contributed by atoms with Crippen molar-refractivity contribution in [1.82, 2.24) is 10.3 Å². The first kappa shape index (κ1) is 23.1. The number of thioether (sulfide) groups is 1. The summed E-state index contributed by atoms with van der Waals surface area (Å²) in [5, 5.41) is 29.2. The summed E-state index contributed by atoms with van der Waals surface area (Å²) in [5.74, 6) is -1.85. The number of H-pyrrole nitrogens is 1. The highest BCUT2D eigenvalue weighted by atomic mass is 32.2. The van der Waals surface area contributed by atoms with Crippen molar-refractivity contribution in [2.24, 2.45) is 11.8 Å². The molecule has 2 aromatic rings. The van der Waals surface area contributed by atoms with Crippen molar-refractivity contribution in [3.8, 4) is 5.75 Å². The SMILES string of the molecule is C[NH2+]C1(NC(=O)c2[nH]cc(C(=N)SC(=[NH2+])Cc3ccc(F)cc3F)c(=O)c2O)CCC2CC21. The molecule has 174 valence electrons. The van der Waals surface area contributed by atoms with Gasteiger partial charge in [0, 0.05) is 24.6 Å². The number of amides is 1. The Morgan fingerprint density at radius 2 is 2.21 bits per heavy atom. The van der Waals surface area contributed by atoms with Gasteiger partial charge in [-0.1, -0.05) is 6.07 Å². The molecule has 3 atom stereocenters. The minimum absolute atomic E-state index is 0.0820. The Bertz CT molecular complexity index is 1220. The molecular formula is C22H25F2N5O3S+2. The number of carbonyl (C=O) groups excluding carboxylic acids is 1. The fourth-order valence-electron chi connectivity index (χ4n) is 4.60. The maximum atomic E-state index is 13.8. The fourth-order valence-corrected chi connectivity index (χ4v) is 5.35. The number of aromatic nitrogens is 1. The summed E-state index contributed by atoms with van der Waals surface area (Å²) in [5.41, 5.74) is -1.63. The van der Waals surface area contributed by atoms with Gasteiger partial charge in [0.25, 0.3) is 5.91 Å². The summed E-state index contributed by atoms with van der Waals surface area (Å²) in [6.07, 6.45) is 4.00. The average molecular weight is 478 g/mol. The van der Waals surface area contributed by atoms with Gasteiger partial charge >= 0.3 is 0 Å². The van der Waals surface area contributed by atoms with Gasteiger partial charge in [0.2, 0.25) is 10.5 Å². The van der Waals surface area contributed by atoms with Crippen molar-refractivity contribution in [3.05, 3.63) is 63.1 Å². The second-order valence-electron chi connectivity index (χ2n) is 8.49. The third-order valence-corrected chi connectivity index (χ3v) is 7.35. The van der Waals surface area contributed by atoms with Crippen molar-refractivity contribution >= 4 is 27.8 Å². The molecule has 1 amide bonds. The van der Waals surface area contributed by atoms with Crippen molar-refractivity contribution in [1.29, 1.82) is 5.41 Å². The van der Waals surface area contributed by atoms with Crippen LogP contribution in [0.2, 0.25) is 0 Å². The summed E-state index contributed by atoms with van der Waals surface area (Å²) >= 11 is 0.713. The maximum absolute atomic E-state index is 13.8. The van der Waals surface area contributed by atoms with E-state index < -0.39 is 34.4 Å². The number of pyridine rings is 1. The minimum Gasteiger partial charge on any atom is -0.503 e. The number of nitrogens with two attached hydrogens (primary N) is 2.